The summed E-state index contributed by atoms with van der Waals surface area (Å²) in [7, 11) is 0. The predicted octanol–water partition coefficient (Wildman–Crippen LogP) is 3.38. The van der Waals surface area contributed by atoms with Crippen LogP contribution >= 0.6 is 0 Å². The number of anilines is 1. The summed E-state index contributed by atoms with van der Waals surface area (Å²) >= 11 is 0. The van der Waals surface area contributed by atoms with Gasteiger partial charge in [0.1, 0.15) is 11.6 Å². The number of hydrogen-bond acceptors (Lipinski definition) is 5. The second-order valence-electron chi connectivity index (χ2n) is 7.08. The summed E-state index contributed by atoms with van der Waals surface area (Å²) in [4.78, 5) is 17.3. The minimum Gasteiger partial charge on any atom is -0.435 e. The number of fused-ring (bicyclic) bond motifs is 2. The van der Waals surface area contributed by atoms with Crippen LogP contribution in [-0.2, 0) is 13.1 Å². The second kappa shape index (κ2) is 7.80. The number of nitrogens with one attached hydrogen (secondary N) is 3. The van der Waals surface area contributed by atoms with Crippen LogP contribution in [0.1, 0.15) is 16.3 Å². The number of rotatable bonds is 5. The molecule has 5 rings (SSSR count). The van der Waals surface area contributed by atoms with Gasteiger partial charge in [-0.2, -0.15) is 13.9 Å². The monoisotopic (exact) mass is 424 g/mol. The lowest BCUT2D eigenvalue weighted by Gasteiger charge is -2.17. The fourth-order valence-corrected chi connectivity index (χ4v) is 3.68. The SMILES string of the molecule is O=C(Nc1ccc(OC(F)F)cc1)c1n[nH]c2ccc(-c3cnc4n3CCNC4)cc12. The average Bonchev–Trinajstić information content (AvgIpc) is 3.38. The number of H-pyrrole nitrogens is 1. The molecule has 3 heterocycles. The number of aromatic amines is 1. The number of carbonyl (C=O) groups is 1. The summed E-state index contributed by atoms with van der Waals surface area (Å²) < 4.78 is 31.0. The van der Waals surface area contributed by atoms with E-state index in [1.165, 1.54) is 24.3 Å². The van der Waals surface area contributed by atoms with Gasteiger partial charge in [0.25, 0.3) is 5.91 Å². The largest absolute Gasteiger partial charge is 0.435 e. The maximum Gasteiger partial charge on any atom is 0.387 e. The number of aromatic nitrogens is 4. The van der Waals surface area contributed by atoms with Gasteiger partial charge < -0.3 is 19.9 Å². The summed E-state index contributed by atoms with van der Waals surface area (Å²) in [6, 6.07) is 11.5. The highest BCUT2D eigenvalue weighted by atomic mass is 19.3. The van der Waals surface area contributed by atoms with E-state index in [0.717, 1.165) is 42.2 Å². The molecule has 1 amide bonds. The lowest BCUT2D eigenvalue weighted by molar-refractivity contribution is -0.0498. The summed E-state index contributed by atoms with van der Waals surface area (Å²) in [5.41, 5.74) is 3.34. The highest BCUT2D eigenvalue weighted by Crippen LogP contribution is 2.27. The van der Waals surface area contributed by atoms with Crippen LogP contribution in [0.4, 0.5) is 14.5 Å². The Hall–Kier alpha value is -3.79. The highest BCUT2D eigenvalue weighted by molar-refractivity contribution is 6.11. The van der Waals surface area contributed by atoms with E-state index in [4.69, 9.17) is 0 Å². The van der Waals surface area contributed by atoms with Crippen molar-refractivity contribution < 1.29 is 18.3 Å². The van der Waals surface area contributed by atoms with Crippen LogP contribution < -0.4 is 15.4 Å². The van der Waals surface area contributed by atoms with E-state index >= 15 is 0 Å². The Kier molecular flexibility index (Phi) is 4.83. The van der Waals surface area contributed by atoms with Gasteiger partial charge in [0.2, 0.25) is 0 Å². The minimum atomic E-state index is -2.90. The molecule has 8 nitrogen and oxygen atoms in total. The summed E-state index contributed by atoms with van der Waals surface area (Å²) in [5, 5.41) is 13.7. The number of nitrogens with zero attached hydrogens (tertiary/aromatic N) is 3. The zero-order valence-corrected chi connectivity index (χ0v) is 16.2. The van der Waals surface area contributed by atoms with E-state index in [1.54, 1.807) is 0 Å². The molecule has 3 N–H and O–H groups in total. The summed E-state index contributed by atoms with van der Waals surface area (Å²) in [6.45, 7) is -0.475. The molecule has 0 atom stereocenters. The van der Waals surface area contributed by atoms with Crippen molar-refractivity contribution >= 4 is 22.5 Å². The number of amides is 1. The van der Waals surface area contributed by atoms with Gasteiger partial charge in [0, 0.05) is 29.7 Å². The second-order valence-corrected chi connectivity index (χ2v) is 7.08. The third-order valence-corrected chi connectivity index (χ3v) is 5.14. The molecule has 1 aliphatic heterocycles. The Morgan fingerprint density at radius 3 is 2.84 bits per heavy atom. The first kappa shape index (κ1) is 19.2. The molecule has 0 radical (unpaired) electrons. The van der Waals surface area contributed by atoms with Crippen LogP contribution in [0.2, 0.25) is 0 Å². The van der Waals surface area contributed by atoms with Gasteiger partial charge in [-0.15, -0.1) is 0 Å². The molecular weight excluding hydrogens is 406 g/mol. The quantitative estimate of drug-likeness (QED) is 0.456. The molecular formula is C21H18F2N6O2. The Morgan fingerprint density at radius 1 is 1.19 bits per heavy atom. The Balaban J connectivity index is 1.42. The van der Waals surface area contributed by atoms with E-state index in [1.807, 2.05) is 24.4 Å². The molecule has 0 spiro atoms. The van der Waals surface area contributed by atoms with Crippen LogP contribution in [0.15, 0.2) is 48.7 Å². The number of halogens is 2. The summed E-state index contributed by atoms with van der Waals surface area (Å²) in [6.07, 6.45) is 1.84. The fraction of sp³-hybridized carbons (Fsp3) is 0.190. The van der Waals surface area contributed by atoms with Gasteiger partial charge in [-0.3, -0.25) is 9.89 Å². The molecule has 0 aliphatic carbocycles. The van der Waals surface area contributed by atoms with Crippen molar-refractivity contribution in [3.05, 3.63) is 60.2 Å². The van der Waals surface area contributed by atoms with Gasteiger partial charge in [-0.25, -0.2) is 4.98 Å². The number of alkyl halides is 2. The van der Waals surface area contributed by atoms with Crippen LogP contribution in [0.3, 0.4) is 0 Å². The van der Waals surface area contributed by atoms with Crippen molar-refractivity contribution in [2.24, 2.45) is 0 Å². The minimum absolute atomic E-state index is 0.0159. The maximum absolute atomic E-state index is 12.8. The molecule has 10 heteroatoms. The molecule has 0 bridgehead atoms. The van der Waals surface area contributed by atoms with Crippen LogP contribution in [-0.4, -0.2) is 38.8 Å². The molecule has 0 saturated heterocycles. The Labute approximate surface area is 175 Å². The van der Waals surface area contributed by atoms with Gasteiger partial charge in [-0.1, -0.05) is 6.07 Å². The number of imidazole rings is 1. The highest BCUT2D eigenvalue weighted by Gasteiger charge is 2.18. The molecule has 1 aliphatic rings. The van der Waals surface area contributed by atoms with E-state index in [9.17, 15) is 13.6 Å². The number of hydrogen-bond donors (Lipinski definition) is 3. The molecule has 0 saturated carbocycles. The zero-order valence-electron chi connectivity index (χ0n) is 16.2. The molecule has 0 fully saturated rings. The third kappa shape index (κ3) is 3.73. The number of benzene rings is 2. The molecule has 158 valence electrons. The van der Waals surface area contributed by atoms with Crippen molar-refractivity contribution in [1.82, 2.24) is 25.1 Å². The lowest BCUT2D eigenvalue weighted by atomic mass is 10.1. The van der Waals surface area contributed by atoms with E-state index in [2.05, 4.69) is 35.1 Å². The van der Waals surface area contributed by atoms with Gasteiger partial charge in [0.15, 0.2) is 5.69 Å². The third-order valence-electron chi connectivity index (χ3n) is 5.14. The van der Waals surface area contributed by atoms with Crippen molar-refractivity contribution in [3.63, 3.8) is 0 Å². The molecule has 2 aromatic heterocycles. The van der Waals surface area contributed by atoms with E-state index < -0.39 is 12.5 Å². The molecule has 2 aromatic carbocycles. The standard InChI is InChI=1S/C21H18F2N6O2/c22-21(23)31-14-4-2-13(3-5-14)26-20(30)19-15-9-12(1-6-16(15)27-28-19)17-10-25-18-11-24-7-8-29(17)18/h1-6,9-10,21,24H,7-8,11H2,(H,26,30)(H,27,28). The van der Waals surface area contributed by atoms with Crippen LogP contribution in [0.25, 0.3) is 22.2 Å². The molecule has 0 unspecified atom stereocenters. The Morgan fingerprint density at radius 2 is 2.03 bits per heavy atom. The van der Waals surface area contributed by atoms with Gasteiger partial charge in [0.05, 0.1) is 24.0 Å². The lowest BCUT2D eigenvalue weighted by Crippen LogP contribution is -2.28. The van der Waals surface area contributed by atoms with Crippen LogP contribution in [0, 0.1) is 0 Å². The average molecular weight is 424 g/mol. The molecule has 31 heavy (non-hydrogen) atoms. The Bertz CT molecular complexity index is 1250. The summed E-state index contributed by atoms with van der Waals surface area (Å²) in [5.74, 6) is 0.582. The smallest absolute Gasteiger partial charge is 0.387 e. The van der Waals surface area contributed by atoms with E-state index in [-0.39, 0.29) is 11.4 Å². The van der Waals surface area contributed by atoms with Crippen molar-refractivity contribution in [3.8, 4) is 17.0 Å². The maximum atomic E-state index is 12.8. The fourth-order valence-electron chi connectivity index (χ4n) is 3.68. The first-order valence-corrected chi connectivity index (χ1v) is 9.68. The van der Waals surface area contributed by atoms with Crippen molar-refractivity contribution in [2.45, 2.75) is 19.7 Å². The topological polar surface area (TPSA) is 96.9 Å². The van der Waals surface area contributed by atoms with Crippen molar-refractivity contribution in [1.29, 1.82) is 0 Å². The van der Waals surface area contributed by atoms with Crippen LogP contribution in [0.5, 0.6) is 5.75 Å². The van der Waals surface area contributed by atoms with Crippen molar-refractivity contribution in [2.75, 3.05) is 11.9 Å². The predicted molar refractivity (Wildman–Crippen MR) is 110 cm³/mol. The first-order valence-electron chi connectivity index (χ1n) is 9.68. The number of ether oxygens (including phenoxy) is 1. The van der Waals surface area contributed by atoms with E-state index in [0.29, 0.717) is 11.1 Å². The molecule has 4 aromatic rings. The van der Waals surface area contributed by atoms with Gasteiger partial charge >= 0.3 is 6.61 Å². The normalized spacial score (nSPS) is 13.4. The van der Waals surface area contributed by atoms with Gasteiger partial charge in [-0.05, 0) is 36.4 Å². The first-order chi connectivity index (χ1) is 15.1. The zero-order chi connectivity index (χ0) is 21.4. The number of carbonyl (C=O) groups excluding carboxylic acids is 1.